The first-order chi connectivity index (χ1) is 14.2. The first-order valence-corrected chi connectivity index (χ1v) is 9.58. The second-order valence-electron chi connectivity index (χ2n) is 7.44. The number of hydrazine groups is 1. The molecule has 1 aromatic rings. The van der Waals surface area contributed by atoms with Gasteiger partial charge in [-0.05, 0) is 18.6 Å². The summed E-state index contributed by atoms with van der Waals surface area (Å²) in [4.78, 5) is 27.9. The van der Waals surface area contributed by atoms with E-state index in [9.17, 15) is 14.9 Å². The quantitative estimate of drug-likeness (QED) is 0.426. The van der Waals surface area contributed by atoms with Gasteiger partial charge in [0.15, 0.2) is 0 Å². The van der Waals surface area contributed by atoms with Gasteiger partial charge in [-0.15, -0.1) is 0 Å². The molecule has 0 radical (unpaired) electrons. The number of para-hydroxylation sites is 1. The lowest BCUT2D eigenvalue weighted by Gasteiger charge is -2.24. The first kappa shape index (κ1) is 22.8. The number of hydrogen-bond donors (Lipinski definition) is 3. The number of nitrogens with two attached hydrogens (primary N) is 2. The molecule has 0 spiro atoms. The van der Waals surface area contributed by atoms with Crippen molar-refractivity contribution in [2.24, 2.45) is 17.5 Å². The van der Waals surface area contributed by atoms with Crippen LogP contribution in [0.4, 0.5) is 5.69 Å². The number of benzene rings is 1. The Kier molecular flexibility index (Phi) is 7.83. The summed E-state index contributed by atoms with van der Waals surface area (Å²) in [5, 5.41) is 14.0. The standard InChI is InChI=1S/C21H29N7O2/c1-15(25-18-7-5-4-6-8-18)16-9-19(11-22)28(12-16)21(30)14-26(2)20(29)10-17(23)13-27(3)24/h4-8,13,16,19,25H,1,9-10,12,14,23-24H2,2-3H3/b17-13-. The third-order valence-corrected chi connectivity index (χ3v) is 4.86. The van der Waals surface area contributed by atoms with Crippen LogP contribution in [0.2, 0.25) is 0 Å². The Bertz CT molecular complexity index is 845. The Labute approximate surface area is 177 Å². The van der Waals surface area contributed by atoms with Crippen LogP contribution in [0, 0.1) is 17.2 Å². The van der Waals surface area contributed by atoms with E-state index in [1.54, 1.807) is 7.05 Å². The normalized spacial score (nSPS) is 18.5. The molecule has 2 atom stereocenters. The summed E-state index contributed by atoms with van der Waals surface area (Å²) in [5.41, 5.74) is 7.71. The minimum atomic E-state index is -0.559. The molecule has 1 aliphatic heterocycles. The number of carbonyl (C=O) groups is 2. The van der Waals surface area contributed by atoms with Gasteiger partial charge < -0.3 is 25.9 Å². The minimum absolute atomic E-state index is 0.0482. The van der Waals surface area contributed by atoms with E-state index in [1.807, 2.05) is 30.3 Å². The zero-order valence-corrected chi connectivity index (χ0v) is 17.4. The summed E-state index contributed by atoms with van der Waals surface area (Å²) in [6.45, 7) is 4.32. The zero-order chi connectivity index (χ0) is 22.3. The van der Waals surface area contributed by atoms with Crippen molar-refractivity contribution in [1.82, 2.24) is 14.8 Å². The number of rotatable bonds is 8. The van der Waals surface area contributed by atoms with Gasteiger partial charge >= 0.3 is 0 Å². The number of likely N-dealkylation sites (N-methyl/N-ethyl adjacent to an activating group) is 1. The van der Waals surface area contributed by atoms with Gasteiger partial charge in [-0.25, -0.2) is 5.84 Å². The summed E-state index contributed by atoms with van der Waals surface area (Å²) >= 11 is 0. The molecule has 5 N–H and O–H groups in total. The van der Waals surface area contributed by atoms with Crippen molar-refractivity contribution < 1.29 is 9.59 Å². The number of nitrogens with zero attached hydrogens (tertiary/aromatic N) is 4. The van der Waals surface area contributed by atoms with E-state index in [0.29, 0.717) is 18.7 Å². The van der Waals surface area contributed by atoms with Gasteiger partial charge in [0.05, 0.1) is 19.0 Å². The van der Waals surface area contributed by atoms with Crippen LogP contribution in [0.3, 0.4) is 0 Å². The van der Waals surface area contributed by atoms with E-state index in [0.717, 1.165) is 11.4 Å². The van der Waals surface area contributed by atoms with Crippen LogP contribution in [0.15, 0.2) is 54.5 Å². The van der Waals surface area contributed by atoms with Crippen LogP contribution in [0.5, 0.6) is 0 Å². The predicted octanol–water partition coefficient (Wildman–Crippen LogP) is 0.807. The maximum Gasteiger partial charge on any atom is 0.243 e. The van der Waals surface area contributed by atoms with Gasteiger partial charge in [-0.2, -0.15) is 5.26 Å². The molecule has 2 unspecified atom stereocenters. The highest BCUT2D eigenvalue weighted by atomic mass is 16.2. The van der Waals surface area contributed by atoms with Crippen LogP contribution in [0.1, 0.15) is 12.8 Å². The lowest BCUT2D eigenvalue weighted by Crippen LogP contribution is -2.43. The van der Waals surface area contributed by atoms with Crippen molar-refractivity contribution in [3.63, 3.8) is 0 Å². The van der Waals surface area contributed by atoms with E-state index >= 15 is 0 Å². The molecule has 1 aromatic carbocycles. The maximum absolute atomic E-state index is 12.8. The molecule has 0 aliphatic carbocycles. The van der Waals surface area contributed by atoms with E-state index < -0.39 is 6.04 Å². The third kappa shape index (κ3) is 6.25. The second-order valence-corrected chi connectivity index (χ2v) is 7.44. The van der Waals surface area contributed by atoms with Crippen molar-refractivity contribution in [2.45, 2.75) is 18.9 Å². The highest BCUT2D eigenvalue weighted by Crippen LogP contribution is 2.29. The molecule has 2 rings (SSSR count). The van der Waals surface area contributed by atoms with Crippen LogP contribution in [-0.2, 0) is 9.59 Å². The van der Waals surface area contributed by atoms with Crippen LogP contribution >= 0.6 is 0 Å². The van der Waals surface area contributed by atoms with Crippen molar-refractivity contribution in [1.29, 1.82) is 5.26 Å². The fourth-order valence-corrected chi connectivity index (χ4v) is 3.29. The zero-order valence-electron chi connectivity index (χ0n) is 17.4. The van der Waals surface area contributed by atoms with E-state index in [4.69, 9.17) is 11.6 Å². The summed E-state index contributed by atoms with van der Waals surface area (Å²) < 4.78 is 0. The number of nitriles is 1. The molecule has 1 aliphatic rings. The molecule has 0 aromatic heterocycles. The average Bonchev–Trinajstić information content (AvgIpc) is 3.12. The highest BCUT2D eigenvalue weighted by molar-refractivity contribution is 5.86. The van der Waals surface area contributed by atoms with Gasteiger partial charge in [0.25, 0.3) is 0 Å². The van der Waals surface area contributed by atoms with Gasteiger partial charge in [-0.1, -0.05) is 24.8 Å². The Balaban J connectivity index is 1.95. The van der Waals surface area contributed by atoms with Crippen molar-refractivity contribution in [3.8, 4) is 6.07 Å². The Morgan fingerprint density at radius 3 is 2.63 bits per heavy atom. The molecule has 0 saturated carbocycles. The van der Waals surface area contributed by atoms with Gasteiger partial charge in [-0.3, -0.25) is 9.59 Å². The monoisotopic (exact) mass is 411 g/mol. The van der Waals surface area contributed by atoms with Crippen molar-refractivity contribution >= 4 is 17.5 Å². The third-order valence-electron chi connectivity index (χ3n) is 4.86. The van der Waals surface area contributed by atoms with Crippen LogP contribution < -0.4 is 16.9 Å². The smallest absolute Gasteiger partial charge is 0.243 e. The van der Waals surface area contributed by atoms with Gasteiger partial charge in [0.2, 0.25) is 11.8 Å². The summed E-state index contributed by atoms with van der Waals surface area (Å²) in [5.74, 6) is 4.82. The molecule has 9 heteroatoms. The molecule has 1 fully saturated rings. The number of hydrogen-bond acceptors (Lipinski definition) is 7. The molecule has 30 heavy (non-hydrogen) atoms. The summed E-state index contributed by atoms with van der Waals surface area (Å²) in [7, 11) is 3.13. The lowest BCUT2D eigenvalue weighted by molar-refractivity contribution is -0.139. The molecular weight excluding hydrogens is 382 g/mol. The molecule has 160 valence electrons. The number of nitrogens with one attached hydrogen (secondary N) is 1. The van der Waals surface area contributed by atoms with E-state index in [-0.39, 0.29) is 30.7 Å². The Morgan fingerprint density at radius 1 is 1.37 bits per heavy atom. The van der Waals surface area contributed by atoms with Gasteiger partial charge in [0, 0.05) is 49.8 Å². The summed E-state index contributed by atoms with van der Waals surface area (Å²) in [6, 6.07) is 11.2. The van der Waals surface area contributed by atoms with Crippen molar-refractivity contribution in [3.05, 3.63) is 54.5 Å². The van der Waals surface area contributed by atoms with E-state index in [1.165, 1.54) is 28.1 Å². The molecule has 2 amide bonds. The first-order valence-electron chi connectivity index (χ1n) is 9.58. The van der Waals surface area contributed by atoms with Crippen molar-refractivity contribution in [2.75, 3.05) is 32.5 Å². The number of carbonyl (C=O) groups excluding carboxylic acids is 2. The topological polar surface area (TPSA) is 132 Å². The SMILES string of the molecule is C=C(Nc1ccccc1)C1CC(C#N)N(C(=O)CN(C)C(=O)C/C(N)=C/N(C)N)C1. The van der Waals surface area contributed by atoms with Crippen LogP contribution in [0.25, 0.3) is 0 Å². The fourth-order valence-electron chi connectivity index (χ4n) is 3.29. The number of anilines is 1. The number of amides is 2. The Morgan fingerprint density at radius 2 is 2.03 bits per heavy atom. The van der Waals surface area contributed by atoms with E-state index in [2.05, 4.69) is 18.0 Å². The van der Waals surface area contributed by atoms with Crippen LogP contribution in [-0.4, -0.2) is 59.8 Å². The maximum atomic E-state index is 12.8. The lowest BCUT2D eigenvalue weighted by atomic mass is 10.0. The minimum Gasteiger partial charge on any atom is -0.400 e. The molecule has 1 saturated heterocycles. The molecular formula is C21H29N7O2. The fraction of sp³-hybridized carbons (Fsp3) is 0.381. The second kappa shape index (κ2) is 10.3. The number of likely N-dealkylation sites (tertiary alicyclic amines) is 1. The largest absolute Gasteiger partial charge is 0.400 e. The molecule has 0 bridgehead atoms. The summed E-state index contributed by atoms with van der Waals surface area (Å²) in [6.07, 6.45) is 1.89. The highest BCUT2D eigenvalue weighted by Gasteiger charge is 2.37. The predicted molar refractivity (Wildman–Crippen MR) is 115 cm³/mol. The molecule has 1 heterocycles. The van der Waals surface area contributed by atoms with Gasteiger partial charge in [0.1, 0.15) is 6.04 Å². The molecule has 9 nitrogen and oxygen atoms in total. The average molecular weight is 412 g/mol. The Hall–Kier alpha value is -3.51.